The lowest BCUT2D eigenvalue weighted by Gasteiger charge is -2.13. The number of carboxylic acids is 1. The number of nitrogens with zero attached hydrogens (tertiary/aromatic N) is 7. The molecule has 0 saturated heterocycles. The van der Waals surface area contributed by atoms with E-state index in [0.29, 0.717) is 11.4 Å². The topological polar surface area (TPSA) is 332 Å². The minimum Gasteiger partial charge on any atom is -0.505 e. The summed E-state index contributed by atoms with van der Waals surface area (Å²) in [5.74, 6) is -3.65. The van der Waals surface area contributed by atoms with Crippen LogP contribution in [0.4, 0.5) is 39.8 Å². The number of para-hydroxylation sites is 1. The summed E-state index contributed by atoms with van der Waals surface area (Å²) in [6.07, 6.45) is 0. The Morgan fingerprint density at radius 3 is 1.92 bits per heavy atom. The highest BCUT2D eigenvalue weighted by molar-refractivity contribution is 7.86. The van der Waals surface area contributed by atoms with Gasteiger partial charge in [0.1, 0.15) is 52.4 Å². The number of carboxylic acid groups (broad SMARTS) is 1. The molecule has 6 rings (SSSR count). The Morgan fingerprint density at radius 1 is 0.754 bits per heavy atom. The van der Waals surface area contributed by atoms with E-state index in [1.165, 1.54) is 55.5 Å². The van der Waals surface area contributed by atoms with Crippen LogP contribution in [-0.2, 0) is 14.9 Å². The predicted octanol–water partition coefficient (Wildman–Crippen LogP) is 6.62. The fourth-order valence-corrected chi connectivity index (χ4v) is 6.24. The zero-order valence-corrected chi connectivity index (χ0v) is 32.3. The Balaban J connectivity index is 1.41. The van der Waals surface area contributed by atoms with E-state index in [-0.39, 0.29) is 64.1 Å². The number of aromatic hydroxyl groups is 2. The molecule has 23 heteroatoms. The minimum atomic E-state index is -5.01. The van der Waals surface area contributed by atoms with Crippen LogP contribution in [0, 0.1) is 0 Å². The number of H-pyrrole nitrogens is 1. The second-order valence-corrected chi connectivity index (χ2v) is 13.8. The van der Waals surface area contributed by atoms with E-state index in [1.807, 2.05) is 0 Å². The maximum atomic E-state index is 13.3. The van der Waals surface area contributed by atoms with Crippen LogP contribution in [-0.4, -0.2) is 86.6 Å². The van der Waals surface area contributed by atoms with Crippen molar-refractivity contribution in [2.45, 2.75) is 11.8 Å². The quantitative estimate of drug-likeness (QED) is 0.0375. The number of fused-ring (bicyclic) bond motifs is 1. The maximum absolute atomic E-state index is 13.3. The van der Waals surface area contributed by atoms with Crippen molar-refractivity contribution in [3.63, 3.8) is 0 Å². The number of aromatic amines is 1. The number of aromatic carboxylic acids is 1. The van der Waals surface area contributed by atoms with Gasteiger partial charge in [-0.25, -0.2) is 9.48 Å². The number of aliphatic hydroxyl groups excluding tert-OH is 2. The number of ether oxygens (including phenoxy) is 2. The van der Waals surface area contributed by atoms with Crippen molar-refractivity contribution in [1.82, 2.24) is 9.78 Å². The number of rotatable bonds is 16. The highest BCUT2D eigenvalue weighted by Crippen LogP contribution is 2.48. The van der Waals surface area contributed by atoms with Crippen LogP contribution in [0.15, 0.2) is 125 Å². The highest BCUT2D eigenvalue weighted by atomic mass is 32.2. The molecule has 0 bridgehead atoms. The second-order valence-electron chi connectivity index (χ2n) is 12.5. The molecule has 1 aromatic heterocycles. The molecule has 22 nitrogen and oxygen atoms in total. The number of azo groups is 3. The summed E-state index contributed by atoms with van der Waals surface area (Å²) in [6, 6.07) is 19.8. The van der Waals surface area contributed by atoms with E-state index in [1.54, 1.807) is 30.3 Å². The number of aliphatic hydroxyl groups is 2. The number of amides is 1. The number of phenols is 2. The molecular formula is C38H33N9O13S. The third-order valence-electron chi connectivity index (χ3n) is 8.26. The van der Waals surface area contributed by atoms with Crippen LogP contribution in [0.25, 0.3) is 16.5 Å². The fraction of sp³-hybridized carbons (Fsp3) is 0.132. The van der Waals surface area contributed by atoms with Crippen molar-refractivity contribution in [3.8, 4) is 28.7 Å². The third kappa shape index (κ3) is 9.72. The van der Waals surface area contributed by atoms with Gasteiger partial charge in [-0.3, -0.25) is 19.2 Å². The first-order valence-corrected chi connectivity index (χ1v) is 19.0. The summed E-state index contributed by atoms with van der Waals surface area (Å²) in [4.78, 5) is 35.8. The molecule has 0 fully saturated rings. The fourth-order valence-electron chi connectivity index (χ4n) is 5.58. The Labute approximate surface area is 343 Å². The summed E-state index contributed by atoms with van der Waals surface area (Å²) >= 11 is 0. The van der Waals surface area contributed by atoms with Crippen LogP contribution in [0.1, 0.15) is 17.4 Å². The van der Waals surface area contributed by atoms with Crippen molar-refractivity contribution < 1.29 is 57.6 Å². The summed E-state index contributed by atoms with van der Waals surface area (Å²) in [6.45, 7) is -0.156. The molecule has 6 aromatic rings. The zero-order chi connectivity index (χ0) is 43.8. The molecule has 0 saturated carbocycles. The normalized spacial score (nSPS) is 11.9. The molecule has 314 valence electrons. The van der Waals surface area contributed by atoms with Crippen molar-refractivity contribution in [3.05, 3.63) is 101 Å². The smallest absolute Gasteiger partial charge is 0.356 e. The Kier molecular flexibility index (Phi) is 12.9. The molecule has 0 unspecified atom stereocenters. The molecule has 0 aliphatic heterocycles. The first kappa shape index (κ1) is 42.7. The van der Waals surface area contributed by atoms with Crippen molar-refractivity contribution in [2.24, 2.45) is 30.7 Å². The largest absolute Gasteiger partial charge is 0.505 e. The molecule has 0 aliphatic rings. The third-order valence-corrected chi connectivity index (χ3v) is 9.12. The van der Waals surface area contributed by atoms with Gasteiger partial charge in [-0.05, 0) is 53.9 Å². The van der Waals surface area contributed by atoms with Crippen molar-refractivity contribution in [1.29, 1.82) is 0 Å². The number of carbonyl (C=O) groups is 2. The van der Waals surface area contributed by atoms with Gasteiger partial charge in [0.25, 0.3) is 15.7 Å². The van der Waals surface area contributed by atoms with E-state index in [2.05, 4.69) is 41.1 Å². The summed E-state index contributed by atoms with van der Waals surface area (Å²) in [5, 5.41) is 80.1. The molecule has 0 spiro atoms. The first-order chi connectivity index (χ1) is 29.2. The molecular weight excluding hydrogens is 823 g/mol. The van der Waals surface area contributed by atoms with Gasteiger partial charge in [-0.15, -0.1) is 25.6 Å². The van der Waals surface area contributed by atoms with Crippen LogP contribution in [0.3, 0.4) is 0 Å². The Bertz CT molecular complexity index is 2900. The van der Waals surface area contributed by atoms with Gasteiger partial charge < -0.3 is 40.3 Å². The van der Waals surface area contributed by atoms with E-state index < -0.39 is 68.3 Å². The van der Waals surface area contributed by atoms with Crippen LogP contribution >= 0.6 is 0 Å². The van der Waals surface area contributed by atoms with Gasteiger partial charge in [0.15, 0.2) is 22.9 Å². The Hall–Kier alpha value is -7.86. The van der Waals surface area contributed by atoms with E-state index in [0.717, 1.165) is 10.7 Å². The molecule has 5 aromatic carbocycles. The van der Waals surface area contributed by atoms with E-state index >= 15 is 0 Å². The number of phenolic OH excluding ortho intramolecular Hbond substituents is 2. The molecule has 8 N–H and O–H groups in total. The highest BCUT2D eigenvalue weighted by Gasteiger charge is 2.25. The SMILES string of the molecule is CC(=O)Nc1ccc(N=Nc2c(S(=O)(=O)O)cc3ccc(N=Nc4cc(OCCO)c(N=Nc5c(C(=O)O)[nH]n(-c6ccccc6)c5=O)cc4OCCO)c(O)c3c2O)cc1. The zero-order valence-electron chi connectivity index (χ0n) is 31.5. The van der Waals surface area contributed by atoms with Gasteiger partial charge in [0, 0.05) is 24.7 Å². The molecule has 0 radical (unpaired) electrons. The predicted molar refractivity (Wildman–Crippen MR) is 215 cm³/mol. The van der Waals surface area contributed by atoms with Crippen molar-refractivity contribution >= 4 is 72.6 Å². The lowest BCUT2D eigenvalue weighted by molar-refractivity contribution is -0.114. The number of carbonyl (C=O) groups excluding carboxylic acids is 1. The van der Waals surface area contributed by atoms with Gasteiger partial charge in [0.05, 0.1) is 30.0 Å². The lowest BCUT2D eigenvalue weighted by Crippen LogP contribution is -2.13. The number of anilines is 1. The first-order valence-electron chi connectivity index (χ1n) is 17.6. The maximum Gasteiger partial charge on any atom is 0.356 e. The monoisotopic (exact) mass is 855 g/mol. The van der Waals surface area contributed by atoms with E-state index in [9.17, 15) is 52.9 Å². The summed E-state index contributed by atoms with van der Waals surface area (Å²) < 4.78 is 47.0. The van der Waals surface area contributed by atoms with Gasteiger partial charge in [-0.1, -0.05) is 24.3 Å². The molecule has 61 heavy (non-hydrogen) atoms. The number of hydrogen-bond acceptors (Lipinski definition) is 17. The molecule has 1 heterocycles. The molecule has 0 atom stereocenters. The number of hydrogen-bond donors (Lipinski definition) is 8. The standard InChI is InChI=1S/C38H33N9O13S/c1-20(50)39-22-8-10-23(11-9-22)40-44-32-30(61(56,57)58)17-21-7-12-25(35(51)31(21)36(32)52)41-42-26-18-29(60-16-14-49)27(19-28(26)59-15-13-48)43-45-33-34(38(54)55)46-47(37(33)53)24-5-3-2-4-6-24/h2-12,17-19,46,48-49,51-52H,13-16H2,1H3,(H,39,50)(H,54,55)(H,56,57,58). The number of aromatic nitrogens is 2. The van der Waals surface area contributed by atoms with Gasteiger partial charge >= 0.3 is 5.97 Å². The average molecular weight is 856 g/mol. The lowest BCUT2D eigenvalue weighted by atomic mass is 10.1. The second kappa shape index (κ2) is 18.4. The molecule has 1 amide bonds. The van der Waals surface area contributed by atoms with Gasteiger partial charge in [0.2, 0.25) is 5.91 Å². The summed E-state index contributed by atoms with van der Waals surface area (Å²) in [7, 11) is -5.01. The Morgan fingerprint density at radius 2 is 1.34 bits per heavy atom. The number of benzene rings is 5. The average Bonchev–Trinajstić information content (AvgIpc) is 3.57. The number of nitrogens with one attached hydrogen (secondary N) is 2. The van der Waals surface area contributed by atoms with Crippen LogP contribution in [0.5, 0.6) is 23.0 Å². The minimum absolute atomic E-state index is 0.0643. The van der Waals surface area contributed by atoms with E-state index in [4.69, 9.17) is 9.47 Å². The molecule has 0 aliphatic carbocycles. The van der Waals surface area contributed by atoms with Crippen molar-refractivity contribution in [2.75, 3.05) is 31.7 Å². The van der Waals surface area contributed by atoms with Crippen LogP contribution in [0.2, 0.25) is 0 Å². The summed E-state index contributed by atoms with van der Waals surface area (Å²) in [5.41, 5.74) is -2.30. The van der Waals surface area contributed by atoms with Crippen LogP contribution < -0.4 is 20.3 Å². The van der Waals surface area contributed by atoms with Gasteiger partial charge in [-0.2, -0.15) is 13.5 Å².